The van der Waals surface area contributed by atoms with Crippen LogP contribution in [0.2, 0.25) is 0 Å². The maximum atomic E-state index is 14.4. The van der Waals surface area contributed by atoms with E-state index in [2.05, 4.69) is 4.98 Å². The van der Waals surface area contributed by atoms with Crippen LogP contribution in [0.25, 0.3) is 10.9 Å². The van der Waals surface area contributed by atoms with Crippen LogP contribution in [-0.4, -0.2) is 43.7 Å². The molecule has 0 radical (unpaired) electrons. The number of halogens is 1. The summed E-state index contributed by atoms with van der Waals surface area (Å²) in [5, 5.41) is 20.4. The number of hydrogen-bond donors (Lipinski definition) is 1. The van der Waals surface area contributed by atoms with Crippen molar-refractivity contribution in [2.24, 2.45) is 0 Å². The number of pyridine rings is 1. The van der Waals surface area contributed by atoms with Gasteiger partial charge in [0.1, 0.15) is 0 Å². The minimum atomic E-state index is -0.881. The van der Waals surface area contributed by atoms with Crippen molar-refractivity contribution in [1.82, 2.24) is 14.5 Å². The van der Waals surface area contributed by atoms with E-state index in [0.29, 0.717) is 30.5 Å². The average Bonchev–Trinajstić information content (AvgIpc) is 3.12. The molecule has 1 saturated heterocycles. The van der Waals surface area contributed by atoms with E-state index < -0.39 is 16.8 Å². The van der Waals surface area contributed by atoms with Gasteiger partial charge in [-0.25, -0.2) is 9.18 Å². The summed E-state index contributed by atoms with van der Waals surface area (Å²) in [7, 11) is 0. The summed E-state index contributed by atoms with van der Waals surface area (Å²) in [6, 6.07) is 7.80. The van der Waals surface area contributed by atoms with Crippen LogP contribution in [0.15, 0.2) is 42.7 Å². The number of benzene rings is 1. The normalized spacial score (nSPS) is 15.0. The van der Waals surface area contributed by atoms with Crippen molar-refractivity contribution in [3.8, 4) is 0 Å². The van der Waals surface area contributed by atoms with Crippen molar-refractivity contribution in [2.45, 2.75) is 25.3 Å². The van der Waals surface area contributed by atoms with Gasteiger partial charge < -0.3 is 14.6 Å². The summed E-state index contributed by atoms with van der Waals surface area (Å²) in [4.78, 5) is 27.2. The van der Waals surface area contributed by atoms with Crippen molar-refractivity contribution in [3.63, 3.8) is 0 Å². The fourth-order valence-corrected chi connectivity index (χ4v) is 3.87. The lowest BCUT2D eigenvalue weighted by molar-refractivity contribution is -0.384. The number of piperidine rings is 1. The lowest BCUT2D eigenvalue weighted by Crippen LogP contribution is -2.36. The smallest absolute Gasteiger partial charge is 0.407 e. The Bertz CT molecular complexity index is 1070. The Hall–Kier alpha value is -3.49. The Kier molecular flexibility index (Phi) is 4.87. The van der Waals surface area contributed by atoms with Crippen LogP contribution in [-0.2, 0) is 6.54 Å². The molecule has 1 N–H and O–H groups in total. The number of carbonyl (C=O) groups is 1. The molecule has 2 aromatic heterocycles. The van der Waals surface area contributed by atoms with Gasteiger partial charge in [0.25, 0.3) is 5.69 Å². The highest BCUT2D eigenvalue weighted by Crippen LogP contribution is 2.28. The second-order valence-corrected chi connectivity index (χ2v) is 7.19. The highest BCUT2D eigenvalue weighted by molar-refractivity contribution is 5.83. The molecule has 1 amide bonds. The van der Waals surface area contributed by atoms with Crippen molar-refractivity contribution in [1.29, 1.82) is 0 Å². The summed E-state index contributed by atoms with van der Waals surface area (Å²) >= 11 is 0. The standard InChI is InChI=1S/C20H19FN4O4/c21-18-10-17(25(28)29)9-14-5-8-24(19(14)18)12-16-2-1-15(11-22-16)13-3-6-23(7-4-13)20(26)27/h1-2,5,8-11,13H,3-4,6-7,12H2,(H,26,27). The number of nitrogens with zero attached hydrogens (tertiary/aromatic N) is 4. The molecule has 1 aliphatic rings. The molecule has 3 heterocycles. The van der Waals surface area contributed by atoms with Gasteiger partial charge in [0.05, 0.1) is 28.7 Å². The number of likely N-dealkylation sites (tertiary alicyclic amines) is 1. The molecule has 8 nitrogen and oxygen atoms in total. The fourth-order valence-electron chi connectivity index (χ4n) is 3.87. The van der Waals surface area contributed by atoms with Gasteiger partial charge >= 0.3 is 6.09 Å². The van der Waals surface area contributed by atoms with Crippen LogP contribution in [0.3, 0.4) is 0 Å². The van der Waals surface area contributed by atoms with E-state index in [1.54, 1.807) is 23.0 Å². The van der Waals surface area contributed by atoms with Crippen LogP contribution in [0.5, 0.6) is 0 Å². The van der Waals surface area contributed by atoms with E-state index in [1.807, 2.05) is 12.1 Å². The van der Waals surface area contributed by atoms with E-state index in [0.717, 1.165) is 30.2 Å². The Morgan fingerprint density at radius 1 is 1.28 bits per heavy atom. The molecular formula is C20H19FN4O4. The molecule has 3 aromatic rings. The first-order chi connectivity index (χ1) is 13.9. The maximum Gasteiger partial charge on any atom is 0.407 e. The van der Waals surface area contributed by atoms with Gasteiger partial charge in [0.15, 0.2) is 5.82 Å². The molecule has 150 valence electrons. The van der Waals surface area contributed by atoms with Crippen LogP contribution < -0.4 is 0 Å². The predicted octanol–water partition coefficient (Wildman–Crippen LogP) is 3.99. The molecule has 0 spiro atoms. The first kappa shape index (κ1) is 18.9. The molecule has 4 rings (SSSR count). The second kappa shape index (κ2) is 7.50. The highest BCUT2D eigenvalue weighted by atomic mass is 19.1. The molecule has 0 bridgehead atoms. The van der Waals surface area contributed by atoms with Crippen molar-refractivity contribution >= 4 is 22.7 Å². The van der Waals surface area contributed by atoms with Crippen molar-refractivity contribution in [2.75, 3.05) is 13.1 Å². The number of hydrogen-bond acceptors (Lipinski definition) is 4. The highest BCUT2D eigenvalue weighted by Gasteiger charge is 2.23. The number of rotatable bonds is 4. The Labute approximate surface area is 165 Å². The Morgan fingerprint density at radius 2 is 2.03 bits per heavy atom. The lowest BCUT2D eigenvalue weighted by atomic mass is 9.90. The van der Waals surface area contributed by atoms with Gasteiger partial charge in [0, 0.05) is 36.9 Å². The third-order valence-corrected chi connectivity index (χ3v) is 5.43. The minimum Gasteiger partial charge on any atom is -0.465 e. The third-order valence-electron chi connectivity index (χ3n) is 5.43. The van der Waals surface area contributed by atoms with Gasteiger partial charge in [-0.3, -0.25) is 15.1 Å². The monoisotopic (exact) mass is 398 g/mol. The number of aromatic nitrogens is 2. The van der Waals surface area contributed by atoms with E-state index in [1.165, 1.54) is 11.0 Å². The van der Waals surface area contributed by atoms with E-state index in [9.17, 15) is 19.3 Å². The van der Waals surface area contributed by atoms with Crippen LogP contribution in [0.4, 0.5) is 14.9 Å². The Balaban J connectivity index is 1.50. The van der Waals surface area contributed by atoms with Gasteiger partial charge in [-0.2, -0.15) is 0 Å². The first-order valence-corrected chi connectivity index (χ1v) is 9.28. The fraction of sp³-hybridized carbons (Fsp3) is 0.300. The number of nitro benzene ring substituents is 1. The number of non-ortho nitro benzene ring substituents is 1. The zero-order valence-corrected chi connectivity index (χ0v) is 15.5. The predicted molar refractivity (Wildman–Crippen MR) is 103 cm³/mol. The zero-order chi connectivity index (χ0) is 20.5. The minimum absolute atomic E-state index is 0.274. The van der Waals surface area contributed by atoms with Gasteiger partial charge in [0.2, 0.25) is 0 Å². The van der Waals surface area contributed by atoms with Crippen molar-refractivity contribution in [3.05, 3.63) is 69.9 Å². The summed E-state index contributed by atoms with van der Waals surface area (Å²) in [5.74, 6) is -0.362. The van der Waals surface area contributed by atoms with E-state index in [-0.39, 0.29) is 11.6 Å². The molecule has 1 fully saturated rings. The lowest BCUT2D eigenvalue weighted by Gasteiger charge is -2.30. The van der Waals surface area contributed by atoms with E-state index >= 15 is 0 Å². The molecule has 0 saturated carbocycles. The third kappa shape index (κ3) is 3.75. The molecule has 29 heavy (non-hydrogen) atoms. The SMILES string of the molecule is O=C(O)N1CCC(c2ccc(Cn3ccc4cc([N+](=O)[O-])cc(F)c43)nc2)CC1. The summed E-state index contributed by atoms with van der Waals surface area (Å²) in [6.07, 6.45) is 4.13. The molecule has 0 atom stereocenters. The number of carboxylic acid groups (broad SMARTS) is 1. The van der Waals surface area contributed by atoms with Gasteiger partial charge in [-0.15, -0.1) is 0 Å². The summed E-state index contributed by atoms with van der Waals surface area (Å²) < 4.78 is 16.1. The van der Waals surface area contributed by atoms with Crippen molar-refractivity contribution < 1.29 is 19.2 Å². The molecule has 1 aromatic carbocycles. The molecule has 0 aliphatic carbocycles. The van der Waals surface area contributed by atoms with Crippen LogP contribution >= 0.6 is 0 Å². The number of amides is 1. The Morgan fingerprint density at radius 3 is 2.66 bits per heavy atom. The van der Waals surface area contributed by atoms with Gasteiger partial charge in [-0.1, -0.05) is 6.07 Å². The number of fused-ring (bicyclic) bond motifs is 1. The summed E-state index contributed by atoms with van der Waals surface area (Å²) in [5.41, 5.74) is 1.84. The quantitative estimate of drug-likeness (QED) is 0.529. The number of nitro groups is 1. The molecule has 9 heteroatoms. The second-order valence-electron chi connectivity index (χ2n) is 7.19. The molecule has 1 aliphatic heterocycles. The zero-order valence-electron chi connectivity index (χ0n) is 15.5. The van der Waals surface area contributed by atoms with Crippen LogP contribution in [0, 0.1) is 15.9 Å². The van der Waals surface area contributed by atoms with Crippen LogP contribution in [0.1, 0.15) is 30.0 Å². The topological polar surface area (TPSA) is 102 Å². The summed E-state index contributed by atoms with van der Waals surface area (Å²) in [6.45, 7) is 1.38. The molecule has 0 unspecified atom stereocenters. The first-order valence-electron chi connectivity index (χ1n) is 9.28. The largest absolute Gasteiger partial charge is 0.465 e. The van der Waals surface area contributed by atoms with Gasteiger partial charge in [-0.05, 0) is 36.5 Å². The van der Waals surface area contributed by atoms with E-state index in [4.69, 9.17) is 5.11 Å². The maximum absolute atomic E-state index is 14.4. The average molecular weight is 398 g/mol. The molecular weight excluding hydrogens is 379 g/mol.